The van der Waals surface area contributed by atoms with E-state index in [1.165, 1.54) is 13.0 Å². The molecule has 1 aromatic heterocycles. The van der Waals surface area contributed by atoms with Gasteiger partial charge in [0.05, 0.1) is 5.75 Å². The lowest BCUT2D eigenvalue weighted by Crippen LogP contribution is -2.32. The summed E-state index contributed by atoms with van der Waals surface area (Å²) in [5, 5.41) is 9.08. The molecule has 0 aliphatic carbocycles. The molecule has 1 heterocycles. The number of rotatable bonds is 4. The number of aryl methyl sites for hydroxylation is 2. The first-order valence-corrected chi connectivity index (χ1v) is 8.37. The summed E-state index contributed by atoms with van der Waals surface area (Å²) in [6.07, 6.45) is -1.46. The van der Waals surface area contributed by atoms with Crippen LogP contribution in [0.3, 0.4) is 0 Å². The fourth-order valence-electron chi connectivity index (χ4n) is 2.24. The maximum Gasteiger partial charge on any atom is 0.418 e. The molecular formula is C15H16N2O5S. The second-order valence-electron chi connectivity index (χ2n) is 5.11. The number of anilines is 1. The summed E-state index contributed by atoms with van der Waals surface area (Å²) in [5.41, 5.74) is -0.0310. The molecule has 7 nitrogen and oxygen atoms in total. The lowest BCUT2D eigenvalue weighted by Gasteiger charge is -2.13. The van der Waals surface area contributed by atoms with Gasteiger partial charge < -0.3 is 5.11 Å². The third-order valence-electron chi connectivity index (χ3n) is 3.24. The van der Waals surface area contributed by atoms with E-state index in [1.54, 1.807) is 37.3 Å². The smallest absolute Gasteiger partial charge is 0.418 e. The Hall–Kier alpha value is -2.61. The van der Waals surface area contributed by atoms with E-state index in [4.69, 9.17) is 5.11 Å². The lowest BCUT2D eigenvalue weighted by molar-refractivity contribution is 0.194. The fourth-order valence-corrected chi connectivity index (χ4v) is 3.50. The molecule has 0 saturated heterocycles. The minimum Gasteiger partial charge on any atom is -0.464 e. The molecule has 0 aliphatic heterocycles. The molecule has 23 heavy (non-hydrogen) atoms. The van der Waals surface area contributed by atoms with E-state index in [0.29, 0.717) is 15.7 Å². The number of hydrogen-bond donors (Lipinski definition) is 2. The first-order valence-electron chi connectivity index (χ1n) is 6.72. The van der Waals surface area contributed by atoms with E-state index >= 15 is 0 Å². The van der Waals surface area contributed by atoms with Gasteiger partial charge in [0.15, 0.2) is 0 Å². The van der Waals surface area contributed by atoms with Crippen molar-refractivity contribution in [1.82, 2.24) is 4.57 Å². The monoisotopic (exact) mass is 336 g/mol. The SMILES string of the molecule is Cc1cc(C)n(C(=O)O)c(=O)c1NS(=O)(=O)Cc1ccccc1. The van der Waals surface area contributed by atoms with E-state index in [-0.39, 0.29) is 17.1 Å². The van der Waals surface area contributed by atoms with Crippen LogP contribution in [0.1, 0.15) is 16.8 Å². The molecule has 0 bridgehead atoms. The summed E-state index contributed by atoms with van der Waals surface area (Å²) in [4.78, 5) is 23.4. The zero-order valence-electron chi connectivity index (χ0n) is 12.6. The van der Waals surface area contributed by atoms with Gasteiger partial charge >= 0.3 is 6.09 Å². The van der Waals surface area contributed by atoms with Gasteiger partial charge in [0.2, 0.25) is 10.0 Å². The topological polar surface area (TPSA) is 105 Å². The Morgan fingerprint density at radius 1 is 1.22 bits per heavy atom. The molecule has 1 aromatic carbocycles. The molecule has 0 aliphatic rings. The van der Waals surface area contributed by atoms with E-state index in [0.717, 1.165) is 0 Å². The summed E-state index contributed by atoms with van der Waals surface area (Å²) < 4.78 is 27.2. The van der Waals surface area contributed by atoms with Crippen LogP contribution in [-0.2, 0) is 15.8 Å². The van der Waals surface area contributed by atoms with Crippen LogP contribution in [0.15, 0.2) is 41.2 Å². The Morgan fingerprint density at radius 2 is 1.83 bits per heavy atom. The average molecular weight is 336 g/mol. The van der Waals surface area contributed by atoms with E-state index < -0.39 is 21.7 Å². The highest BCUT2D eigenvalue weighted by molar-refractivity contribution is 7.91. The number of carbonyl (C=O) groups is 1. The van der Waals surface area contributed by atoms with Crippen molar-refractivity contribution < 1.29 is 18.3 Å². The zero-order valence-corrected chi connectivity index (χ0v) is 13.4. The molecule has 0 spiro atoms. The molecule has 8 heteroatoms. The highest BCUT2D eigenvalue weighted by Crippen LogP contribution is 2.15. The third kappa shape index (κ3) is 3.78. The van der Waals surface area contributed by atoms with Crippen LogP contribution in [0.4, 0.5) is 10.5 Å². The van der Waals surface area contributed by atoms with Gasteiger partial charge in [-0.15, -0.1) is 0 Å². The second-order valence-corrected chi connectivity index (χ2v) is 6.84. The molecule has 122 valence electrons. The maximum atomic E-state index is 12.2. The van der Waals surface area contributed by atoms with Gasteiger partial charge in [-0.3, -0.25) is 9.52 Å². The number of pyridine rings is 1. The highest BCUT2D eigenvalue weighted by atomic mass is 32.2. The van der Waals surface area contributed by atoms with Gasteiger partial charge in [-0.2, -0.15) is 0 Å². The standard InChI is InChI=1S/C15H16N2O5S/c1-10-8-11(2)17(15(19)20)14(18)13(10)16-23(21,22)9-12-6-4-3-5-7-12/h3-8,16H,9H2,1-2H3,(H,19,20). The molecule has 0 fully saturated rings. The van der Waals surface area contributed by atoms with Crippen molar-refractivity contribution in [2.45, 2.75) is 19.6 Å². The van der Waals surface area contributed by atoms with Crippen molar-refractivity contribution in [1.29, 1.82) is 0 Å². The summed E-state index contributed by atoms with van der Waals surface area (Å²) in [5.74, 6) is -0.312. The average Bonchev–Trinajstić information content (AvgIpc) is 2.43. The van der Waals surface area contributed by atoms with Crippen LogP contribution in [-0.4, -0.2) is 24.2 Å². The molecule has 0 saturated carbocycles. The molecule has 0 radical (unpaired) electrons. The van der Waals surface area contributed by atoms with Crippen molar-refractivity contribution >= 4 is 21.8 Å². The van der Waals surface area contributed by atoms with E-state index in [1.807, 2.05) is 0 Å². The molecule has 0 amide bonds. The van der Waals surface area contributed by atoms with Crippen LogP contribution in [0.25, 0.3) is 0 Å². The number of nitrogens with zero attached hydrogens (tertiary/aromatic N) is 1. The molecule has 2 N–H and O–H groups in total. The van der Waals surface area contributed by atoms with Crippen LogP contribution >= 0.6 is 0 Å². The largest absolute Gasteiger partial charge is 0.464 e. The molecule has 2 rings (SSSR count). The normalized spacial score (nSPS) is 11.2. The Morgan fingerprint density at radius 3 is 2.39 bits per heavy atom. The third-order valence-corrected chi connectivity index (χ3v) is 4.47. The van der Waals surface area contributed by atoms with Crippen LogP contribution in [0.5, 0.6) is 0 Å². The zero-order chi connectivity index (χ0) is 17.2. The summed E-state index contributed by atoms with van der Waals surface area (Å²) in [6, 6.07) is 9.92. The second kappa shape index (κ2) is 6.25. The number of nitrogens with one attached hydrogen (secondary N) is 1. The van der Waals surface area contributed by atoms with E-state index in [2.05, 4.69) is 4.72 Å². The summed E-state index contributed by atoms with van der Waals surface area (Å²) in [6.45, 7) is 3.01. The van der Waals surface area contributed by atoms with Gasteiger partial charge in [-0.05, 0) is 31.0 Å². The molecular weight excluding hydrogens is 320 g/mol. The number of aromatic nitrogens is 1. The van der Waals surface area contributed by atoms with Crippen molar-refractivity contribution in [2.75, 3.05) is 4.72 Å². The summed E-state index contributed by atoms with van der Waals surface area (Å²) in [7, 11) is -3.84. The quantitative estimate of drug-likeness (QED) is 0.887. The predicted octanol–water partition coefficient (Wildman–Crippen LogP) is 1.93. The summed E-state index contributed by atoms with van der Waals surface area (Å²) >= 11 is 0. The maximum absolute atomic E-state index is 12.2. The van der Waals surface area contributed by atoms with Gasteiger partial charge in [0, 0.05) is 5.69 Å². The van der Waals surface area contributed by atoms with Crippen molar-refractivity contribution in [3.05, 3.63) is 63.6 Å². The first-order chi connectivity index (χ1) is 10.7. The minimum atomic E-state index is -3.84. The van der Waals surface area contributed by atoms with Crippen LogP contribution in [0, 0.1) is 13.8 Å². The van der Waals surface area contributed by atoms with Gasteiger partial charge in [-0.1, -0.05) is 30.3 Å². The van der Waals surface area contributed by atoms with Crippen LogP contribution < -0.4 is 10.3 Å². The highest BCUT2D eigenvalue weighted by Gasteiger charge is 2.19. The van der Waals surface area contributed by atoms with Crippen molar-refractivity contribution in [2.24, 2.45) is 0 Å². The van der Waals surface area contributed by atoms with Gasteiger partial charge in [0.1, 0.15) is 5.69 Å². The Bertz CT molecular complexity index is 901. The number of carboxylic acid groups (broad SMARTS) is 1. The lowest BCUT2D eigenvalue weighted by atomic mass is 10.2. The number of benzene rings is 1. The minimum absolute atomic E-state index is 0.214. The molecule has 0 atom stereocenters. The Labute approximate surface area is 133 Å². The fraction of sp³-hybridized carbons (Fsp3) is 0.200. The Kier molecular flexibility index (Phi) is 4.55. The molecule has 0 unspecified atom stereocenters. The van der Waals surface area contributed by atoms with Crippen molar-refractivity contribution in [3.63, 3.8) is 0 Å². The Balaban J connectivity index is 2.42. The number of sulfonamides is 1. The van der Waals surface area contributed by atoms with Gasteiger partial charge in [-0.25, -0.2) is 17.8 Å². The van der Waals surface area contributed by atoms with Gasteiger partial charge in [0.25, 0.3) is 5.56 Å². The van der Waals surface area contributed by atoms with E-state index in [9.17, 15) is 18.0 Å². The van der Waals surface area contributed by atoms with Crippen molar-refractivity contribution in [3.8, 4) is 0 Å². The van der Waals surface area contributed by atoms with Crippen LogP contribution in [0.2, 0.25) is 0 Å². The predicted molar refractivity (Wildman–Crippen MR) is 86.3 cm³/mol. The first kappa shape index (κ1) is 16.8. The number of hydrogen-bond acceptors (Lipinski definition) is 4. The molecule has 2 aromatic rings.